The van der Waals surface area contributed by atoms with Crippen molar-refractivity contribution in [1.82, 2.24) is 9.55 Å². The molecule has 0 aliphatic carbocycles. The maximum atomic E-state index is 13.8. The number of rotatable bonds is 6. The fourth-order valence-corrected chi connectivity index (χ4v) is 3.45. The molecule has 8 nitrogen and oxygen atoms in total. The van der Waals surface area contributed by atoms with Gasteiger partial charge in [0.1, 0.15) is 23.4 Å². The SMILES string of the molecule is Cn1ccnc1C(Nc1ccc(S(C)(=O)=O)cc1[N+](=O)[O-])c1cccc(F)c1. The van der Waals surface area contributed by atoms with Gasteiger partial charge < -0.3 is 9.88 Å². The van der Waals surface area contributed by atoms with Crippen molar-refractivity contribution in [3.63, 3.8) is 0 Å². The van der Waals surface area contributed by atoms with Gasteiger partial charge in [-0.25, -0.2) is 17.8 Å². The summed E-state index contributed by atoms with van der Waals surface area (Å²) in [5, 5.41) is 14.5. The Morgan fingerprint density at radius 1 is 1.25 bits per heavy atom. The van der Waals surface area contributed by atoms with Gasteiger partial charge in [-0.1, -0.05) is 12.1 Å². The predicted molar refractivity (Wildman–Crippen MR) is 101 cm³/mol. The molecule has 28 heavy (non-hydrogen) atoms. The molecule has 0 amide bonds. The highest BCUT2D eigenvalue weighted by Crippen LogP contribution is 2.33. The third-order valence-corrected chi connectivity index (χ3v) is 5.30. The van der Waals surface area contributed by atoms with Crippen molar-refractivity contribution in [3.8, 4) is 0 Å². The number of anilines is 1. The van der Waals surface area contributed by atoms with Crippen molar-refractivity contribution in [2.75, 3.05) is 11.6 Å². The summed E-state index contributed by atoms with van der Waals surface area (Å²) in [5.74, 6) is 0.0486. The molecule has 0 fully saturated rings. The van der Waals surface area contributed by atoms with Gasteiger partial charge in [0.25, 0.3) is 5.69 Å². The number of benzene rings is 2. The first-order chi connectivity index (χ1) is 13.2. The van der Waals surface area contributed by atoms with Crippen LogP contribution in [0.25, 0.3) is 0 Å². The van der Waals surface area contributed by atoms with Crippen LogP contribution >= 0.6 is 0 Å². The number of imidazole rings is 1. The largest absolute Gasteiger partial charge is 0.366 e. The van der Waals surface area contributed by atoms with Crippen molar-refractivity contribution in [2.24, 2.45) is 7.05 Å². The van der Waals surface area contributed by atoms with Gasteiger partial charge in [0.2, 0.25) is 0 Å². The quantitative estimate of drug-likeness (QED) is 0.500. The third-order valence-electron chi connectivity index (χ3n) is 4.19. The van der Waals surface area contributed by atoms with Crippen LogP contribution in [-0.2, 0) is 16.9 Å². The van der Waals surface area contributed by atoms with E-state index in [2.05, 4.69) is 10.3 Å². The highest BCUT2D eigenvalue weighted by atomic mass is 32.2. The van der Waals surface area contributed by atoms with Crippen LogP contribution in [-0.4, -0.2) is 29.1 Å². The Kier molecular flexibility index (Phi) is 5.14. The van der Waals surface area contributed by atoms with Crippen LogP contribution in [0.3, 0.4) is 0 Å². The first-order valence-corrected chi connectivity index (χ1v) is 10.0. The smallest absolute Gasteiger partial charge is 0.293 e. The first kappa shape index (κ1) is 19.5. The lowest BCUT2D eigenvalue weighted by molar-refractivity contribution is -0.384. The van der Waals surface area contributed by atoms with Gasteiger partial charge in [-0.05, 0) is 29.8 Å². The summed E-state index contributed by atoms with van der Waals surface area (Å²) in [6.07, 6.45) is 4.23. The molecule has 3 rings (SSSR count). The molecular weight excluding hydrogens is 387 g/mol. The van der Waals surface area contributed by atoms with E-state index in [1.54, 1.807) is 30.1 Å². The van der Waals surface area contributed by atoms with E-state index >= 15 is 0 Å². The van der Waals surface area contributed by atoms with Crippen molar-refractivity contribution >= 4 is 21.2 Å². The number of sulfone groups is 1. The Labute approximate surface area is 160 Å². The average Bonchev–Trinajstić information content (AvgIpc) is 3.04. The molecule has 146 valence electrons. The lowest BCUT2D eigenvalue weighted by atomic mass is 10.1. The summed E-state index contributed by atoms with van der Waals surface area (Å²) >= 11 is 0. The van der Waals surface area contributed by atoms with E-state index in [1.807, 2.05) is 0 Å². The zero-order valence-corrected chi connectivity index (χ0v) is 15.9. The molecule has 0 spiro atoms. The summed E-state index contributed by atoms with van der Waals surface area (Å²) in [5.41, 5.74) is 0.198. The third kappa shape index (κ3) is 4.01. The monoisotopic (exact) mass is 404 g/mol. The summed E-state index contributed by atoms with van der Waals surface area (Å²) in [6, 6.07) is 8.72. The molecule has 1 N–H and O–H groups in total. The maximum absolute atomic E-state index is 13.8. The summed E-state index contributed by atoms with van der Waals surface area (Å²) in [7, 11) is -1.86. The number of halogens is 1. The molecule has 0 saturated carbocycles. The molecule has 1 unspecified atom stereocenters. The molecule has 3 aromatic rings. The second-order valence-corrected chi connectivity index (χ2v) is 8.25. The number of hydrogen-bond acceptors (Lipinski definition) is 6. The van der Waals surface area contributed by atoms with E-state index < -0.39 is 32.3 Å². The Bertz CT molecular complexity index is 1140. The van der Waals surface area contributed by atoms with Gasteiger partial charge in [-0.3, -0.25) is 10.1 Å². The second-order valence-electron chi connectivity index (χ2n) is 6.24. The minimum Gasteiger partial charge on any atom is -0.366 e. The Hall–Kier alpha value is -3.27. The number of aryl methyl sites for hydroxylation is 1. The van der Waals surface area contributed by atoms with E-state index in [0.29, 0.717) is 11.4 Å². The molecule has 1 atom stereocenters. The highest BCUT2D eigenvalue weighted by Gasteiger charge is 2.24. The Balaban J connectivity index is 2.11. The van der Waals surface area contributed by atoms with Crippen LogP contribution < -0.4 is 5.32 Å². The molecule has 1 aromatic heterocycles. The molecule has 0 aliphatic heterocycles. The van der Waals surface area contributed by atoms with Crippen molar-refractivity contribution in [1.29, 1.82) is 0 Å². The average molecular weight is 404 g/mol. The fourth-order valence-electron chi connectivity index (χ4n) is 2.81. The van der Waals surface area contributed by atoms with Gasteiger partial charge >= 0.3 is 0 Å². The number of nitrogens with zero attached hydrogens (tertiary/aromatic N) is 3. The molecule has 10 heteroatoms. The fraction of sp³-hybridized carbons (Fsp3) is 0.167. The number of nitrogens with one attached hydrogen (secondary N) is 1. The molecule has 0 saturated heterocycles. The number of hydrogen-bond donors (Lipinski definition) is 1. The van der Waals surface area contributed by atoms with Crippen LogP contribution in [0.5, 0.6) is 0 Å². The van der Waals surface area contributed by atoms with Crippen LogP contribution in [0.4, 0.5) is 15.8 Å². The second kappa shape index (κ2) is 7.39. The summed E-state index contributed by atoms with van der Waals surface area (Å²) < 4.78 is 38.9. The zero-order valence-electron chi connectivity index (χ0n) is 15.0. The molecule has 1 heterocycles. The van der Waals surface area contributed by atoms with Crippen LogP contribution in [0.1, 0.15) is 17.4 Å². The van der Waals surface area contributed by atoms with Gasteiger partial charge in [-0.2, -0.15) is 0 Å². The van der Waals surface area contributed by atoms with Gasteiger partial charge in [0.15, 0.2) is 9.84 Å². The normalized spacial score (nSPS) is 12.5. The first-order valence-electron chi connectivity index (χ1n) is 8.14. The summed E-state index contributed by atoms with van der Waals surface area (Å²) in [4.78, 5) is 14.9. The summed E-state index contributed by atoms with van der Waals surface area (Å²) in [6.45, 7) is 0. The van der Waals surface area contributed by atoms with E-state index in [4.69, 9.17) is 0 Å². The standard InChI is InChI=1S/C18H17FN4O4S/c1-22-9-8-20-18(22)17(12-4-3-5-13(19)10-12)21-15-7-6-14(28(2,26)27)11-16(15)23(24)25/h3-11,17,21H,1-2H3. The van der Waals surface area contributed by atoms with Crippen molar-refractivity contribution in [2.45, 2.75) is 10.9 Å². The molecule has 0 radical (unpaired) electrons. The van der Waals surface area contributed by atoms with Crippen molar-refractivity contribution in [3.05, 3.63) is 82.2 Å². The van der Waals surface area contributed by atoms with Gasteiger partial charge in [0.05, 0.1) is 9.82 Å². The lowest BCUT2D eigenvalue weighted by Gasteiger charge is -2.20. The highest BCUT2D eigenvalue weighted by molar-refractivity contribution is 7.90. The minimum absolute atomic E-state index is 0.0923. The van der Waals surface area contributed by atoms with E-state index in [9.17, 15) is 22.9 Å². The molecule has 0 bridgehead atoms. The van der Waals surface area contributed by atoms with Crippen LogP contribution in [0.2, 0.25) is 0 Å². The molecular formula is C18H17FN4O4S. The van der Waals surface area contributed by atoms with Crippen LogP contribution in [0.15, 0.2) is 59.8 Å². The van der Waals surface area contributed by atoms with E-state index in [0.717, 1.165) is 12.3 Å². The van der Waals surface area contributed by atoms with Gasteiger partial charge in [0, 0.05) is 31.8 Å². The zero-order chi connectivity index (χ0) is 20.5. The Morgan fingerprint density at radius 3 is 2.57 bits per heavy atom. The Morgan fingerprint density at radius 2 is 2.00 bits per heavy atom. The van der Waals surface area contributed by atoms with Gasteiger partial charge in [-0.15, -0.1) is 0 Å². The number of nitro benzene ring substituents is 1. The molecule has 0 aliphatic rings. The minimum atomic E-state index is -3.61. The van der Waals surface area contributed by atoms with Crippen LogP contribution in [0, 0.1) is 15.9 Å². The molecule has 2 aromatic carbocycles. The lowest BCUT2D eigenvalue weighted by Crippen LogP contribution is -2.18. The topological polar surface area (TPSA) is 107 Å². The van der Waals surface area contributed by atoms with E-state index in [1.165, 1.54) is 30.3 Å². The number of aromatic nitrogens is 2. The van der Waals surface area contributed by atoms with Crippen molar-refractivity contribution < 1.29 is 17.7 Å². The number of nitro groups is 1. The van der Waals surface area contributed by atoms with E-state index in [-0.39, 0.29) is 10.6 Å². The predicted octanol–water partition coefficient (Wildman–Crippen LogP) is 3.07. The maximum Gasteiger partial charge on any atom is 0.293 e.